The molecule has 3 aliphatic rings. The second-order valence-electron chi connectivity index (χ2n) is 8.26. The van der Waals surface area contributed by atoms with Crippen LogP contribution in [0.5, 0.6) is 0 Å². The van der Waals surface area contributed by atoms with E-state index in [4.69, 9.17) is 0 Å². The number of carbonyl (C=O) groups is 1. The van der Waals surface area contributed by atoms with Gasteiger partial charge >= 0.3 is 0 Å². The number of sulfonamides is 1. The van der Waals surface area contributed by atoms with Gasteiger partial charge in [0.05, 0.1) is 10.3 Å². The number of aryl methyl sites for hydroxylation is 1. The van der Waals surface area contributed by atoms with Gasteiger partial charge in [0, 0.05) is 45.2 Å². The van der Waals surface area contributed by atoms with Crippen molar-refractivity contribution in [2.45, 2.75) is 24.7 Å². The number of amides is 1. The molecular formula is C19H26FN3O3S. The van der Waals surface area contributed by atoms with Gasteiger partial charge in [0.25, 0.3) is 0 Å². The Bertz CT molecular complexity index is 869. The van der Waals surface area contributed by atoms with E-state index in [0.717, 1.165) is 32.0 Å². The predicted molar refractivity (Wildman–Crippen MR) is 99.1 cm³/mol. The fourth-order valence-electron chi connectivity index (χ4n) is 4.98. The third-order valence-electron chi connectivity index (χ3n) is 6.34. The van der Waals surface area contributed by atoms with E-state index < -0.39 is 21.3 Å². The van der Waals surface area contributed by atoms with Gasteiger partial charge in [0.2, 0.25) is 15.9 Å². The second-order valence-corrected chi connectivity index (χ2v) is 10.2. The lowest BCUT2D eigenvalue weighted by Gasteiger charge is -2.32. The molecule has 2 atom stereocenters. The summed E-state index contributed by atoms with van der Waals surface area (Å²) in [6.45, 7) is 4.94. The van der Waals surface area contributed by atoms with E-state index in [2.05, 4.69) is 4.90 Å². The first-order valence-corrected chi connectivity index (χ1v) is 10.9. The van der Waals surface area contributed by atoms with Crippen LogP contribution in [-0.2, 0) is 14.8 Å². The Morgan fingerprint density at radius 1 is 1.19 bits per heavy atom. The maximum absolute atomic E-state index is 13.7. The maximum Gasteiger partial charge on any atom is 0.243 e. The van der Waals surface area contributed by atoms with Crippen LogP contribution in [0.4, 0.5) is 4.39 Å². The zero-order chi connectivity index (χ0) is 19.4. The molecule has 3 fully saturated rings. The molecule has 0 saturated carbocycles. The summed E-state index contributed by atoms with van der Waals surface area (Å²) in [4.78, 5) is 17.4. The van der Waals surface area contributed by atoms with Crippen molar-refractivity contribution in [1.82, 2.24) is 14.1 Å². The smallest absolute Gasteiger partial charge is 0.243 e. The summed E-state index contributed by atoms with van der Waals surface area (Å²) in [5.41, 5.74) is -0.168. The van der Waals surface area contributed by atoms with Crippen LogP contribution >= 0.6 is 0 Å². The molecule has 0 aromatic heterocycles. The fraction of sp³-hybridized carbons (Fsp3) is 0.632. The number of rotatable bonds is 3. The number of carbonyl (C=O) groups excluding carboxylic acids is 1. The lowest BCUT2D eigenvalue weighted by Crippen LogP contribution is -2.48. The first kappa shape index (κ1) is 18.8. The van der Waals surface area contributed by atoms with Gasteiger partial charge in [-0.25, -0.2) is 12.8 Å². The fourth-order valence-corrected chi connectivity index (χ4v) is 6.77. The van der Waals surface area contributed by atoms with E-state index in [9.17, 15) is 17.6 Å². The maximum atomic E-state index is 13.7. The van der Waals surface area contributed by atoms with E-state index in [0.29, 0.717) is 25.2 Å². The van der Waals surface area contributed by atoms with Gasteiger partial charge in [-0.2, -0.15) is 4.31 Å². The SMILES string of the molecule is Cc1ccc(F)cc1S(=O)(=O)N1C[C@@H]2CN(C)C[C@]2(C(=O)N2CCCC2)C1. The third kappa shape index (κ3) is 2.98. The summed E-state index contributed by atoms with van der Waals surface area (Å²) in [7, 11) is -1.86. The number of hydrogen-bond donors (Lipinski definition) is 0. The molecular weight excluding hydrogens is 369 g/mol. The first-order valence-electron chi connectivity index (χ1n) is 9.48. The number of benzene rings is 1. The molecule has 0 radical (unpaired) electrons. The van der Waals surface area contributed by atoms with Crippen molar-refractivity contribution in [3.05, 3.63) is 29.6 Å². The minimum atomic E-state index is -3.84. The molecule has 27 heavy (non-hydrogen) atoms. The minimum Gasteiger partial charge on any atom is -0.342 e. The van der Waals surface area contributed by atoms with Gasteiger partial charge in [-0.1, -0.05) is 6.07 Å². The van der Waals surface area contributed by atoms with Crippen LogP contribution in [0.2, 0.25) is 0 Å². The Hall–Kier alpha value is -1.51. The largest absolute Gasteiger partial charge is 0.342 e. The molecule has 148 valence electrons. The molecule has 0 bridgehead atoms. The summed E-state index contributed by atoms with van der Waals surface area (Å²) < 4.78 is 41.6. The molecule has 1 aromatic rings. The van der Waals surface area contributed by atoms with Crippen molar-refractivity contribution in [3.63, 3.8) is 0 Å². The van der Waals surface area contributed by atoms with Crippen LogP contribution in [0.25, 0.3) is 0 Å². The Morgan fingerprint density at radius 3 is 2.59 bits per heavy atom. The van der Waals surface area contributed by atoms with Crippen LogP contribution in [0.3, 0.4) is 0 Å². The average Bonchev–Trinajstić information content (AvgIpc) is 3.30. The Morgan fingerprint density at radius 2 is 1.89 bits per heavy atom. The molecule has 1 aromatic carbocycles. The molecule has 4 rings (SSSR count). The minimum absolute atomic E-state index is 0.000371. The summed E-state index contributed by atoms with van der Waals surface area (Å²) in [6.07, 6.45) is 2.01. The molecule has 1 amide bonds. The van der Waals surface area contributed by atoms with Crippen molar-refractivity contribution >= 4 is 15.9 Å². The van der Waals surface area contributed by atoms with Gasteiger partial charge < -0.3 is 9.80 Å². The van der Waals surface area contributed by atoms with Crippen molar-refractivity contribution < 1.29 is 17.6 Å². The van der Waals surface area contributed by atoms with Gasteiger partial charge in [-0.15, -0.1) is 0 Å². The molecule has 0 aliphatic carbocycles. The van der Waals surface area contributed by atoms with Crippen molar-refractivity contribution in [1.29, 1.82) is 0 Å². The van der Waals surface area contributed by atoms with Crippen LogP contribution in [0, 0.1) is 24.1 Å². The summed E-state index contributed by atoms with van der Waals surface area (Å²) in [6, 6.07) is 3.83. The Balaban J connectivity index is 1.67. The van der Waals surface area contributed by atoms with Gasteiger partial charge in [0.1, 0.15) is 5.82 Å². The second kappa shape index (κ2) is 6.53. The summed E-state index contributed by atoms with van der Waals surface area (Å²) in [5, 5.41) is 0. The van der Waals surface area contributed by atoms with Gasteiger partial charge in [-0.3, -0.25) is 4.79 Å². The van der Waals surface area contributed by atoms with E-state index in [1.807, 2.05) is 11.9 Å². The number of fused-ring (bicyclic) bond motifs is 1. The van der Waals surface area contributed by atoms with E-state index >= 15 is 0 Å². The summed E-state index contributed by atoms with van der Waals surface area (Å²) >= 11 is 0. The molecule has 3 saturated heterocycles. The Kier molecular flexibility index (Phi) is 4.56. The monoisotopic (exact) mass is 395 g/mol. The zero-order valence-corrected chi connectivity index (χ0v) is 16.6. The molecule has 0 spiro atoms. The molecule has 8 heteroatoms. The topological polar surface area (TPSA) is 60.9 Å². The third-order valence-corrected chi connectivity index (χ3v) is 8.29. The lowest BCUT2D eigenvalue weighted by atomic mass is 9.79. The van der Waals surface area contributed by atoms with Gasteiger partial charge in [-0.05, 0) is 44.5 Å². The molecule has 3 heterocycles. The molecule has 0 unspecified atom stereocenters. The van der Waals surface area contributed by atoms with Crippen LogP contribution in [0.15, 0.2) is 23.1 Å². The van der Waals surface area contributed by atoms with E-state index in [1.165, 1.54) is 16.4 Å². The first-order chi connectivity index (χ1) is 12.7. The zero-order valence-electron chi connectivity index (χ0n) is 15.8. The normalized spacial score (nSPS) is 29.4. The molecule has 0 N–H and O–H groups in total. The van der Waals surface area contributed by atoms with Crippen LogP contribution < -0.4 is 0 Å². The highest BCUT2D eigenvalue weighted by atomic mass is 32.2. The average molecular weight is 396 g/mol. The van der Waals surface area contributed by atoms with E-state index in [-0.39, 0.29) is 23.3 Å². The highest BCUT2D eigenvalue weighted by molar-refractivity contribution is 7.89. The van der Waals surface area contributed by atoms with Crippen molar-refractivity contribution in [2.75, 3.05) is 46.3 Å². The molecule has 6 nitrogen and oxygen atoms in total. The lowest BCUT2D eigenvalue weighted by molar-refractivity contribution is -0.140. The van der Waals surface area contributed by atoms with Crippen molar-refractivity contribution in [2.24, 2.45) is 11.3 Å². The van der Waals surface area contributed by atoms with Crippen molar-refractivity contribution in [3.8, 4) is 0 Å². The number of hydrogen-bond acceptors (Lipinski definition) is 4. The number of halogens is 1. The summed E-state index contributed by atoms with van der Waals surface area (Å²) in [5.74, 6) is -0.511. The number of likely N-dealkylation sites (tertiary alicyclic amines) is 2. The van der Waals surface area contributed by atoms with E-state index in [1.54, 1.807) is 6.92 Å². The number of nitrogens with zero attached hydrogens (tertiary/aromatic N) is 3. The predicted octanol–water partition coefficient (Wildman–Crippen LogP) is 1.31. The highest BCUT2D eigenvalue weighted by Gasteiger charge is 2.59. The Labute approximate surface area is 160 Å². The standard InChI is InChI=1S/C19H26FN3O3S/c1-14-5-6-16(20)9-17(14)27(25,26)23-11-15-10-21(2)12-19(15,13-23)18(24)22-7-3-4-8-22/h5-6,9,15H,3-4,7-8,10-13H2,1-2H3/t15-,19-/m0/s1. The van der Waals surface area contributed by atoms with Crippen LogP contribution in [0.1, 0.15) is 18.4 Å². The highest BCUT2D eigenvalue weighted by Crippen LogP contribution is 2.45. The molecule has 3 aliphatic heterocycles. The van der Waals surface area contributed by atoms with Crippen LogP contribution in [-0.4, -0.2) is 74.7 Å². The van der Waals surface area contributed by atoms with Gasteiger partial charge in [0.15, 0.2) is 0 Å². The quantitative estimate of drug-likeness (QED) is 0.774.